The van der Waals surface area contributed by atoms with Gasteiger partial charge < -0.3 is 0 Å². The Morgan fingerprint density at radius 3 is 1.56 bits per heavy atom. The molecule has 5 aliphatic rings. The van der Waals surface area contributed by atoms with Crippen LogP contribution in [0.1, 0.15) is 69.4 Å². The van der Waals surface area contributed by atoms with Gasteiger partial charge >= 0.3 is 0 Å². The van der Waals surface area contributed by atoms with Crippen molar-refractivity contribution in [1.29, 1.82) is 0 Å². The molecule has 0 spiro atoms. The molecule has 28 heteroatoms. The Kier molecular flexibility index (Phi) is 16.8. The summed E-state index contributed by atoms with van der Waals surface area (Å²) in [5.41, 5.74) is 5.10. The first-order valence-corrected chi connectivity index (χ1v) is 31.5. The predicted molar refractivity (Wildman–Crippen MR) is 301 cm³/mol. The van der Waals surface area contributed by atoms with Crippen LogP contribution in [-0.2, 0) is 75.9 Å². The number of benzene rings is 5. The summed E-state index contributed by atoms with van der Waals surface area (Å²) in [4.78, 5) is 10.2. The highest BCUT2D eigenvalue weighted by molar-refractivity contribution is 7.95. The van der Waals surface area contributed by atoms with E-state index in [1.165, 1.54) is 34.6 Å². The zero-order valence-corrected chi connectivity index (χ0v) is 48.5. The van der Waals surface area contributed by atoms with Gasteiger partial charge in [0.1, 0.15) is 19.9 Å². The number of fused-ring (bicyclic) bond motifs is 5. The van der Waals surface area contributed by atoms with E-state index in [1.54, 1.807) is 113 Å². The fourth-order valence-corrected chi connectivity index (χ4v) is 17.5. The van der Waals surface area contributed by atoms with E-state index in [1.807, 2.05) is 0 Å². The van der Waals surface area contributed by atoms with E-state index in [4.69, 9.17) is 58.0 Å². The Morgan fingerprint density at radius 1 is 0.547 bits per heavy atom. The van der Waals surface area contributed by atoms with Gasteiger partial charge in [-0.25, -0.2) is 42.1 Å². The largest absolute Gasteiger partial charge is 0.293 e. The summed E-state index contributed by atoms with van der Waals surface area (Å²) in [7, 11) is -16.9. The summed E-state index contributed by atoms with van der Waals surface area (Å²) in [5, 5.41) is 13.0. The maximum atomic E-state index is 12.4. The zero-order chi connectivity index (χ0) is 56.2. The number of nitro groups is 1. The van der Waals surface area contributed by atoms with Crippen molar-refractivity contribution in [3.8, 4) is 0 Å². The van der Waals surface area contributed by atoms with Crippen LogP contribution in [0.25, 0.3) is 0 Å². The van der Waals surface area contributed by atoms with Crippen molar-refractivity contribution in [2.45, 2.75) is 67.3 Å². The predicted octanol–water partition coefficient (Wildman–Crippen LogP) is 11.3. The molecule has 10 rings (SSSR count). The Morgan fingerprint density at radius 2 is 1.01 bits per heavy atom. The summed E-state index contributed by atoms with van der Waals surface area (Å²) < 4.78 is 124. The lowest BCUT2D eigenvalue weighted by molar-refractivity contribution is -0.383. The van der Waals surface area contributed by atoms with Crippen molar-refractivity contribution >= 4 is 142 Å². The fraction of sp³-hybridized carbons (Fsp3) is 0.277. The zero-order valence-electron chi connectivity index (χ0n) is 40.7. The Labute approximate surface area is 462 Å². The number of hydrogen-bond acceptors (Lipinski definition) is 12. The lowest BCUT2D eigenvalue weighted by Gasteiger charge is -2.21. The number of nitrogens with zero attached hydrogens (tertiary/aromatic N) is 3. The molecular formula is C47H49Cl5N6O12S5. The molecule has 0 amide bonds. The van der Waals surface area contributed by atoms with E-state index in [9.17, 15) is 52.2 Å². The van der Waals surface area contributed by atoms with Crippen LogP contribution in [-0.4, -0.2) is 60.1 Å². The van der Waals surface area contributed by atoms with Gasteiger partial charge in [-0.15, -0.1) is 13.2 Å². The van der Waals surface area contributed by atoms with Crippen molar-refractivity contribution in [3.63, 3.8) is 0 Å². The molecular weight excluding hydrogens is 1180 g/mol. The van der Waals surface area contributed by atoms with Gasteiger partial charge in [0, 0.05) is 59.0 Å². The second-order valence-corrected chi connectivity index (χ2v) is 30.9. The normalized spacial score (nSPS) is 19.4. The quantitative estimate of drug-likeness (QED) is 0.0843. The lowest BCUT2D eigenvalue weighted by Crippen LogP contribution is -2.36. The first-order valence-electron chi connectivity index (χ1n) is 21.9. The molecule has 0 aromatic heterocycles. The Balaban J connectivity index is 0.000000153. The minimum absolute atomic E-state index is 0.0119. The summed E-state index contributed by atoms with van der Waals surface area (Å²) in [6.07, 6.45) is 3.14. The molecule has 0 bridgehead atoms. The number of sulfonamides is 5. The Bertz CT molecular complexity index is 3770. The smallest absolute Gasteiger partial charge is 0.283 e. The summed E-state index contributed by atoms with van der Waals surface area (Å²) in [5.74, 6) is -0.0299. The summed E-state index contributed by atoms with van der Waals surface area (Å²) in [6, 6.07) is 23.2. The molecule has 5 aliphatic heterocycles. The van der Waals surface area contributed by atoms with Crippen molar-refractivity contribution < 1.29 is 47.0 Å². The molecule has 75 heavy (non-hydrogen) atoms. The summed E-state index contributed by atoms with van der Waals surface area (Å²) in [6.45, 7) is 17.2. The van der Waals surface area contributed by atoms with Gasteiger partial charge in [0.2, 0.25) is 50.1 Å². The van der Waals surface area contributed by atoms with Crippen LogP contribution in [0.5, 0.6) is 0 Å². The number of hydrogen-bond donors (Lipinski definition) is 3. The van der Waals surface area contributed by atoms with Gasteiger partial charge in [-0.05, 0) is 96.1 Å². The van der Waals surface area contributed by atoms with Gasteiger partial charge in [-0.2, -0.15) is 0 Å². The van der Waals surface area contributed by atoms with E-state index < -0.39 is 69.3 Å². The van der Waals surface area contributed by atoms with E-state index in [0.29, 0.717) is 65.1 Å². The van der Waals surface area contributed by atoms with Crippen LogP contribution in [0.15, 0.2) is 110 Å². The number of nitro benzene ring substituents is 1. The summed E-state index contributed by atoms with van der Waals surface area (Å²) >= 11 is 29.8. The molecule has 0 saturated carbocycles. The average Bonchev–Trinajstić information content (AvgIpc) is 3.93. The molecule has 0 fully saturated rings. The number of nitrogens with one attached hydrogen (secondary N) is 3. The first kappa shape index (κ1) is 59.4. The minimum Gasteiger partial charge on any atom is -0.283 e. The molecule has 18 nitrogen and oxygen atoms in total. The third-order valence-corrected chi connectivity index (χ3v) is 23.5. The van der Waals surface area contributed by atoms with Crippen LogP contribution in [0.2, 0.25) is 25.1 Å². The van der Waals surface area contributed by atoms with Crippen LogP contribution < -0.4 is 22.8 Å². The second-order valence-electron chi connectivity index (χ2n) is 18.4. The van der Waals surface area contributed by atoms with Crippen molar-refractivity contribution in [2.24, 2.45) is 0 Å². The highest BCUT2D eigenvalue weighted by Gasteiger charge is 2.51. The van der Waals surface area contributed by atoms with E-state index in [2.05, 4.69) is 27.3 Å². The van der Waals surface area contributed by atoms with Gasteiger partial charge in [0.25, 0.3) is 5.69 Å². The standard InChI is InChI=1S/C12H14ClNO2S.C10H10ClNO2S.C9H9ClN2O4S.C9H10ClNO2S.C7H6ClNO2S/c1-4-8-14-10-7-5-6-9(13)11(10)12(2,3)17(14,15)16;1-2-6-12-10-5-3-4-9(11)8(10)7-15(12,13)14;1-9(2)7-5(10)3-4-6(12(13)14)8(7)11-17(9,15)16;1-9(2)8-6(10)4-3-5-7(8)11-14(9,12)13;8-6-2-1-3-7-5(6)4-12(10,11)9-7/h4-7H,1,8H2,2-3H3;2-5H,1,6-7H2;3-4,11H,1-2H3;3-5,11H,1-2H3;1-3,9H,4H2. The molecule has 0 atom stereocenters. The first-order chi connectivity index (χ1) is 34.5. The van der Waals surface area contributed by atoms with Crippen LogP contribution in [0.4, 0.5) is 34.1 Å². The molecule has 404 valence electrons. The molecule has 3 N–H and O–H groups in total. The lowest BCUT2D eigenvalue weighted by atomic mass is 9.99. The van der Waals surface area contributed by atoms with Gasteiger partial charge in [-0.3, -0.25) is 32.9 Å². The highest BCUT2D eigenvalue weighted by atomic mass is 35.5. The van der Waals surface area contributed by atoms with Crippen LogP contribution in [0.3, 0.4) is 0 Å². The molecule has 0 radical (unpaired) electrons. The van der Waals surface area contributed by atoms with Gasteiger partial charge in [0.05, 0.1) is 52.3 Å². The molecule has 5 aromatic carbocycles. The van der Waals surface area contributed by atoms with Crippen molar-refractivity contribution in [2.75, 3.05) is 35.9 Å². The highest BCUT2D eigenvalue weighted by Crippen LogP contribution is 2.51. The van der Waals surface area contributed by atoms with E-state index in [-0.39, 0.29) is 46.6 Å². The molecule has 0 unspecified atom stereocenters. The number of rotatable bonds is 5. The second kappa shape index (κ2) is 21.2. The van der Waals surface area contributed by atoms with E-state index >= 15 is 0 Å². The Hall–Kier alpha value is -4.82. The molecule has 0 saturated heterocycles. The average molecular weight is 1230 g/mol. The monoisotopic (exact) mass is 1220 g/mol. The maximum absolute atomic E-state index is 12.4. The third-order valence-electron chi connectivity index (χ3n) is 12.5. The van der Waals surface area contributed by atoms with Crippen molar-refractivity contribution in [3.05, 3.63) is 173 Å². The third kappa shape index (κ3) is 11.0. The fourth-order valence-electron chi connectivity index (χ4n) is 8.46. The van der Waals surface area contributed by atoms with Gasteiger partial charge in [0.15, 0.2) is 0 Å². The minimum atomic E-state index is -3.70. The van der Waals surface area contributed by atoms with Crippen LogP contribution >= 0.6 is 58.0 Å². The SMILES string of the molecule is C=CCN1c2cccc(Cl)c2C(C)(C)S1(=O)=O.C=CCN1c2cccc(Cl)c2CS1(=O)=O.CC1(C)c2c(Cl)ccc([N+](=O)[O-])c2NS1(=O)=O.CC1(C)c2c(Cl)cccc2NS1(=O)=O.O=S1(=O)Cc2c(Cl)cccc2N1. The molecule has 5 heterocycles. The molecule has 0 aliphatic carbocycles. The van der Waals surface area contributed by atoms with E-state index in [0.717, 1.165) is 0 Å². The van der Waals surface area contributed by atoms with Crippen molar-refractivity contribution in [1.82, 2.24) is 0 Å². The molecule has 5 aromatic rings. The topological polar surface area (TPSA) is 256 Å². The number of anilines is 5. The van der Waals surface area contributed by atoms with Gasteiger partial charge in [-0.1, -0.05) is 94.4 Å². The van der Waals surface area contributed by atoms with Crippen LogP contribution in [0, 0.1) is 10.1 Å². The maximum Gasteiger partial charge on any atom is 0.293 e. The number of halogens is 5.